The van der Waals surface area contributed by atoms with Gasteiger partial charge >= 0.3 is 0 Å². The van der Waals surface area contributed by atoms with Crippen LogP contribution in [-0.2, 0) is 13.0 Å². The van der Waals surface area contributed by atoms with E-state index in [1.54, 1.807) is 6.20 Å². The molecule has 0 radical (unpaired) electrons. The summed E-state index contributed by atoms with van der Waals surface area (Å²) in [5.74, 6) is 1.72. The number of hydrogen-bond acceptors (Lipinski definition) is 3. The monoisotopic (exact) mass is 305 g/mol. The predicted molar refractivity (Wildman–Crippen MR) is 83.1 cm³/mol. The highest BCUT2D eigenvalue weighted by atomic mass is 35.5. The van der Waals surface area contributed by atoms with Gasteiger partial charge in [0.1, 0.15) is 10.8 Å². The van der Waals surface area contributed by atoms with Crippen molar-refractivity contribution in [1.82, 2.24) is 19.6 Å². The minimum absolute atomic E-state index is 0.451. The second-order valence-corrected chi connectivity index (χ2v) is 6.93. The molecule has 0 unspecified atom stereocenters. The Balaban J connectivity index is 1.64. The SMILES string of the molecule is CC1(CNc2ccnn2-c2nn3c(c2Cl)CCCC3)CC1. The van der Waals surface area contributed by atoms with E-state index in [0.29, 0.717) is 5.41 Å². The molecule has 1 fully saturated rings. The van der Waals surface area contributed by atoms with Crippen molar-refractivity contribution >= 4 is 17.4 Å². The molecule has 0 aromatic carbocycles. The van der Waals surface area contributed by atoms with Crippen LogP contribution < -0.4 is 5.32 Å². The molecule has 3 heterocycles. The largest absolute Gasteiger partial charge is 0.369 e. The topological polar surface area (TPSA) is 47.7 Å². The average molecular weight is 306 g/mol. The lowest BCUT2D eigenvalue weighted by atomic mass is 10.1. The number of anilines is 1. The molecule has 6 heteroatoms. The van der Waals surface area contributed by atoms with E-state index in [1.807, 2.05) is 15.4 Å². The summed E-state index contributed by atoms with van der Waals surface area (Å²) in [4.78, 5) is 0. The van der Waals surface area contributed by atoms with E-state index in [2.05, 4.69) is 22.4 Å². The standard InChI is InChI=1S/C15H20ClN5/c1-15(6-7-15)10-17-12-5-8-18-21(12)14-13(16)11-4-2-3-9-20(11)19-14/h5,8,17H,2-4,6-7,9-10H2,1H3. The summed E-state index contributed by atoms with van der Waals surface area (Å²) < 4.78 is 3.87. The van der Waals surface area contributed by atoms with Crippen molar-refractivity contribution in [2.45, 2.75) is 45.6 Å². The second kappa shape index (κ2) is 4.77. The van der Waals surface area contributed by atoms with Crippen molar-refractivity contribution in [3.8, 4) is 5.82 Å². The van der Waals surface area contributed by atoms with Gasteiger partial charge in [-0.25, -0.2) is 0 Å². The summed E-state index contributed by atoms with van der Waals surface area (Å²) in [7, 11) is 0. The maximum absolute atomic E-state index is 6.54. The lowest BCUT2D eigenvalue weighted by Crippen LogP contribution is -2.15. The smallest absolute Gasteiger partial charge is 0.196 e. The van der Waals surface area contributed by atoms with E-state index < -0.39 is 0 Å². The van der Waals surface area contributed by atoms with E-state index in [-0.39, 0.29) is 0 Å². The Morgan fingerprint density at radius 1 is 1.38 bits per heavy atom. The molecule has 2 aliphatic rings. The highest BCUT2D eigenvalue weighted by Gasteiger charge is 2.37. The zero-order valence-electron chi connectivity index (χ0n) is 12.3. The van der Waals surface area contributed by atoms with Crippen LogP contribution in [0.5, 0.6) is 0 Å². The van der Waals surface area contributed by atoms with Crippen molar-refractivity contribution in [2.24, 2.45) is 5.41 Å². The molecule has 0 atom stereocenters. The van der Waals surface area contributed by atoms with Gasteiger partial charge in [-0.05, 0) is 37.5 Å². The number of aromatic nitrogens is 4. The first-order chi connectivity index (χ1) is 10.2. The quantitative estimate of drug-likeness (QED) is 0.943. The number of hydrogen-bond donors (Lipinski definition) is 1. The Kier molecular flexibility index (Phi) is 2.99. The van der Waals surface area contributed by atoms with Gasteiger partial charge < -0.3 is 5.32 Å². The molecule has 0 amide bonds. The van der Waals surface area contributed by atoms with Crippen molar-refractivity contribution in [1.29, 1.82) is 0 Å². The van der Waals surface area contributed by atoms with E-state index in [9.17, 15) is 0 Å². The molecule has 1 aliphatic carbocycles. The van der Waals surface area contributed by atoms with Crippen molar-refractivity contribution < 1.29 is 0 Å². The zero-order chi connectivity index (χ0) is 14.4. The summed E-state index contributed by atoms with van der Waals surface area (Å²) >= 11 is 6.54. The van der Waals surface area contributed by atoms with Gasteiger partial charge in [-0.2, -0.15) is 14.9 Å². The fourth-order valence-corrected chi connectivity index (χ4v) is 3.18. The minimum atomic E-state index is 0.451. The molecule has 0 saturated heterocycles. The number of nitrogens with zero attached hydrogens (tertiary/aromatic N) is 4. The maximum atomic E-state index is 6.54. The maximum Gasteiger partial charge on any atom is 0.196 e. The molecule has 21 heavy (non-hydrogen) atoms. The fraction of sp³-hybridized carbons (Fsp3) is 0.600. The van der Waals surface area contributed by atoms with Crippen molar-refractivity contribution in [2.75, 3.05) is 11.9 Å². The van der Waals surface area contributed by atoms with Crippen LogP contribution in [0.4, 0.5) is 5.82 Å². The van der Waals surface area contributed by atoms with Crippen LogP contribution in [0.3, 0.4) is 0 Å². The van der Waals surface area contributed by atoms with Crippen LogP contribution in [0.1, 0.15) is 38.3 Å². The summed E-state index contributed by atoms with van der Waals surface area (Å²) in [5.41, 5.74) is 1.60. The summed E-state index contributed by atoms with van der Waals surface area (Å²) in [6.07, 6.45) is 7.77. The number of nitrogens with one attached hydrogen (secondary N) is 1. The Morgan fingerprint density at radius 3 is 3.00 bits per heavy atom. The molecule has 0 spiro atoms. The Hall–Kier alpha value is -1.49. The van der Waals surface area contributed by atoms with Gasteiger partial charge in [0.15, 0.2) is 5.82 Å². The Labute approximate surface area is 129 Å². The van der Waals surface area contributed by atoms with Crippen LogP contribution in [0, 0.1) is 5.41 Å². The van der Waals surface area contributed by atoms with E-state index in [0.717, 1.165) is 41.9 Å². The molecule has 1 aliphatic heterocycles. The molecule has 112 valence electrons. The summed E-state index contributed by atoms with van der Waals surface area (Å²) in [6.45, 7) is 4.24. The molecule has 0 bridgehead atoms. The fourth-order valence-electron chi connectivity index (χ4n) is 2.87. The van der Waals surface area contributed by atoms with E-state index in [1.165, 1.54) is 25.7 Å². The number of rotatable bonds is 4. The van der Waals surface area contributed by atoms with Crippen LogP contribution in [0.15, 0.2) is 12.3 Å². The highest BCUT2D eigenvalue weighted by molar-refractivity contribution is 6.32. The van der Waals surface area contributed by atoms with Gasteiger partial charge in [-0.3, -0.25) is 4.68 Å². The lowest BCUT2D eigenvalue weighted by molar-refractivity contribution is 0.484. The predicted octanol–water partition coefficient (Wildman–Crippen LogP) is 3.27. The summed E-state index contributed by atoms with van der Waals surface area (Å²) in [6, 6.07) is 1.99. The van der Waals surface area contributed by atoms with Crippen LogP contribution in [-0.4, -0.2) is 26.1 Å². The van der Waals surface area contributed by atoms with Gasteiger partial charge in [0.2, 0.25) is 0 Å². The lowest BCUT2D eigenvalue weighted by Gasteiger charge is -2.12. The van der Waals surface area contributed by atoms with E-state index in [4.69, 9.17) is 11.6 Å². The normalized spacial score (nSPS) is 19.3. The van der Waals surface area contributed by atoms with Crippen LogP contribution in [0.25, 0.3) is 5.82 Å². The van der Waals surface area contributed by atoms with Crippen LogP contribution in [0.2, 0.25) is 5.02 Å². The van der Waals surface area contributed by atoms with Crippen LogP contribution >= 0.6 is 11.6 Å². The van der Waals surface area contributed by atoms with Crippen molar-refractivity contribution in [3.63, 3.8) is 0 Å². The molecule has 5 nitrogen and oxygen atoms in total. The van der Waals surface area contributed by atoms with Gasteiger partial charge in [0.25, 0.3) is 0 Å². The first-order valence-corrected chi connectivity index (χ1v) is 8.08. The van der Waals surface area contributed by atoms with Gasteiger partial charge in [0.05, 0.1) is 11.9 Å². The van der Waals surface area contributed by atoms with Gasteiger partial charge in [-0.1, -0.05) is 18.5 Å². The molecule has 4 rings (SSSR count). The summed E-state index contributed by atoms with van der Waals surface area (Å²) in [5, 5.41) is 13.3. The highest BCUT2D eigenvalue weighted by Crippen LogP contribution is 2.44. The third kappa shape index (κ3) is 2.33. The third-order valence-electron chi connectivity index (χ3n) is 4.65. The first-order valence-electron chi connectivity index (χ1n) is 7.70. The Bertz CT molecular complexity index is 668. The molecular weight excluding hydrogens is 286 g/mol. The number of aryl methyl sites for hydroxylation is 1. The number of fused-ring (bicyclic) bond motifs is 1. The second-order valence-electron chi connectivity index (χ2n) is 6.56. The molecule has 1 N–H and O–H groups in total. The number of halogens is 1. The molecule has 2 aromatic heterocycles. The Morgan fingerprint density at radius 2 is 2.24 bits per heavy atom. The zero-order valence-corrected chi connectivity index (χ0v) is 13.0. The first kappa shape index (κ1) is 13.2. The molecule has 1 saturated carbocycles. The van der Waals surface area contributed by atoms with Gasteiger partial charge in [-0.15, -0.1) is 0 Å². The molecular formula is C15H20ClN5. The average Bonchev–Trinajstić information content (AvgIpc) is 2.94. The van der Waals surface area contributed by atoms with Gasteiger partial charge in [0, 0.05) is 19.2 Å². The third-order valence-corrected chi connectivity index (χ3v) is 5.04. The van der Waals surface area contributed by atoms with E-state index >= 15 is 0 Å². The minimum Gasteiger partial charge on any atom is -0.369 e. The molecule has 2 aromatic rings. The van der Waals surface area contributed by atoms with Crippen molar-refractivity contribution in [3.05, 3.63) is 23.0 Å².